The first kappa shape index (κ1) is 15.0. The molecule has 102 valence electrons. The summed E-state index contributed by atoms with van der Waals surface area (Å²) >= 11 is 0. The fourth-order valence-corrected chi connectivity index (χ4v) is 2.22. The third-order valence-electron chi connectivity index (χ3n) is 3.91. The van der Waals surface area contributed by atoms with Gasteiger partial charge >= 0.3 is 0 Å². The van der Waals surface area contributed by atoms with E-state index in [-0.39, 0.29) is 0 Å². The van der Waals surface area contributed by atoms with E-state index >= 15 is 0 Å². The Hall–Kier alpha value is -1.02. The van der Waals surface area contributed by atoms with Gasteiger partial charge in [-0.1, -0.05) is 45.9 Å². The third kappa shape index (κ3) is 3.49. The highest BCUT2D eigenvalue weighted by molar-refractivity contribution is 5.58. The van der Waals surface area contributed by atoms with Gasteiger partial charge in [-0.2, -0.15) is 0 Å². The zero-order valence-corrected chi connectivity index (χ0v) is 12.2. The van der Waals surface area contributed by atoms with Crippen molar-refractivity contribution in [3.05, 3.63) is 29.3 Å². The smallest absolute Gasteiger partial charge is 0.0814 e. The van der Waals surface area contributed by atoms with Gasteiger partial charge in [-0.25, -0.2) is 0 Å². The Kier molecular flexibility index (Phi) is 5.67. The SMILES string of the molecule is CCc1cccc(CC)c1NCC(O)(CC)CC. The molecular weight excluding hydrogens is 222 g/mol. The Morgan fingerprint density at radius 3 is 1.89 bits per heavy atom. The van der Waals surface area contributed by atoms with Crippen molar-refractivity contribution in [3.63, 3.8) is 0 Å². The lowest BCUT2D eigenvalue weighted by Crippen LogP contribution is -2.35. The van der Waals surface area contributed by atoms with Gasteiger partial charge in [0, 0.05) is 12.2 Å². The predicted octanol–water partition coefficient (Wildman–Crippen LogP) is 3.77. The number of anilines is 1. The van der Waals surface area contributed by atoms with Gasteiger partial charge in [-0.3, -0.25) is 0 Å². The molecule has 0 bridgehead atoms. The molecule has 0 aliphatic heterocycles. The molecule has 0 spiro atoms. The van der Waals surface area contributed by atoms with E-state index in [9.17, 15) is 5.11 Å². The van der Waals surface area contributed by atoms with Crippen molar-refractivity contribution in [3.8, 4) is 0 Å². The minimum absolute atomic E-state index is 0.591. The normalized spacial score (nSPS) is 11.6. The van der Waals surface area contributed by atoms with Crippen LogP contribution in [0.15, 0.2) is 18.2 Å². The minimum Gasteiger partial charge on any atom is -0.388 e. The number of hydrogen-bond acceptors (Lipinski definition) is 2. The molecule has 2 N–H and O–H groups in total. The molecular formula is C16H27NO. The Balaban J connectivity index is 2.89. The molecule has 2 heteroatoms. The van der Waals surface area contributed by atoms with Crippen LogP contribution in [0, 0.1) is 0 Å². The van der Waals surface area contributed by atoms with E-state index in [0.29, 0.717) is 6.54 Å². The number of nitrogens with one attached hydrogen (secondary N) is 1. The molecule has 0 fully saturated rings. The Labute approximate surface area is 111 Å². The summed E-state index contributed by atoms with van der Waals surface area (Å²) in [5, 5.41) is 13.8. The molecule has 0 saturated carbocycles. The zero-order chi connectivity index (χ0) is 13.6. The van der Waals surface area contributed by atoms with Crippen LogP contribution >= 0.6 is 0 Å². The van der Waals surface area contributed by atoms with E-state index in [2.05, 4.69) is 37.4 Å². The first-order valence-corrected chi connectivity index (χ1v) is 7.17. The molecule has 0 aromatic heterocycles. The van der Waals surface area contributed by atoms with Gasteiger partial charge in [0.25, 0.3) is 0 Å². The van der Waals surface area contributed by atoms with Crippen LogP contribution in [0.4, 0.5) is 5.69 Å². The van der Waals surface area contributed by atoms with E-state index in [1.165, 1.54) is 16.8 Å². The van der Waals surface area contributed by atoms with Crippen molar-refractivity contribution < 1.29 is 5.11 Å². The van der Waals surface area contributed by atoms with Crippen LogP contribution in [0.25, 0.3) is 0 Å². The van der Waals surface area contributed by atoms with E-state index in [1.54, 1.807) is 0 Å². The monoisotopic (exact) mass is 249 g/mol. The lowest BCUT2D eigenvalue weighted by Gasteiger charge is -2.27. The van der Waals surface area contributed by atoms with Gasteiger partial charge in [0.15, 0.2) is 0 Å². The van der Waals surface area contributed by atoms with E-state index < -0.39 is 5.60 Å². The standard InChI is InChI=1S/C16H27NO/c1-5-13-10-9-11-14(6-2)15(13)17-12-16(18,7-3)8-4/h9-11,17-18H,5-8,12H2,1-4H3. The van der Waals surface area contributed by atoms with Crippen LogP contribution in [0.1, 0.15) is 51.7 Å². The summed E-state index contributed by atoms with van der Waals surface area (Å²) in [5.74, 6) is 0. The summed E-state index contributed by atoms with van der Waals surface area (Å²) in [6.45, 7) is 9.05. The van der Waals surface area contributed by atoms with Crippen LogP contribution in [-0.2, 0) is 12.8 Å². The maximum atomic E-state index is 10.4. The lowest BCUT2D eigenvalue weighted by atomic mass is 9.96. The Bertz CT molecular complexity index is 347. The van der Waals surface area contributed by atoms with Crippen LogP contribution in [0.5, 0.6) is 0 Å². The van der Waals surface area contributed by atoms with Crippen molar-refractivity contribution in [1.29, 1.82) is 0 Å². The second-order valence-electron chi connectivity index (χ2n) is 4.94. The van der Waals surface area contributed by atoms with Gasteiger partial charge in [0.2, 0.25) is 0 Å². The van der Waals surface area contributed by atoms with E-state index in [1.807, 2.05) is 13.8 Å². The number of rotatable bonds is 7. The largest absolute Gasteiger partial charge is 0.388 e. The summed E-state index contributed by atoms with van der Waals surface area (Å²) in [6.07, 6.45) is 3.61. The first-order chi connectivity index (χ1) is 8.60. The highest BCUT2D eigenvalue weighted by Gasteiger charge is 2.22. The van der Waals surface area contributed by atoms with E-state index in [0.717, 1.165) is 25.7 Å². The number of aliphatic hydroxyl groups is 1. The van der Waals surface area contributed by atoms with Crippen LogP contribution < -0.4 is 5.32 Å². The second-order valence-corrected chi connectivity index (χ2v) is 4.94. The molecule has 1 aromatic rings. The fourth-order valence-electron chi connectivity index (χ4n) is 2.22. The van der Waals surface area contributed by atoms with Crippen molar-refractivity contribution in [2.75, 3.05) is 11.9 Å². The molecule has 0 unspecified atom stereocenters. The quantitative estimate of drug-likeness (QED) is 0.771. The van der Waals surface area contributed by atoms with Crippen molar-refractivity contribution in [2.45, 2.75) is 59.0 Å². The molecule has 18 heavy (non-hydrogen) atoms. The van der Waals surface area contributed by atoms with Gasteiger partial charge in [0.1, 0.15) is 0 Å². The first-order valence-electron chi connectivity index (χ1n) is 7.17. The summed E-state index contributed by atoms with van der Waals surface area (Å²) in [4.78, 5) is 0. The summed E-state index contributed by atoms with van der Waals surface area (Å²) < 4.78 is 0. The number of aryl methyl sites for hydroxylation is 2. The predicted molar refractivity (Wildman–Crippen MR) is 79.2 cm³/mol. The van der Waals surface area contributed by atoms with E-state index in [4.69, 9.17) is 0 Å². The highest BCUT2D eigenvalue weighted by Crippen LogP contribution is 2.24. The summed E-state index contributed by atoms with van der Waals surface area (Å²) in [5.41, 5.74) is 3.31. The average molecular weight is 249 g/mol. The molecule has 0 aliphatic rings. The maximum absolute atomic E-state index is 10.4. The van der Waals surface area contributed by atoms with Crippen LogP contribution in [0.3, 0.4) is 0 Å². The summed E-state index contributed by atoms with van der Waals surface area (Å²) in [7, 11) is 0. The van der Waals surface area contributed by atoms with Crippen molar-refractivity contribution >= 4 is 5.69 Å². The molecule has 2 nitrogen and oxygen atoms in total. The molecule has 0 radical (unpaired) electrons. The molecule has 0 saturated heterocycles. The Morgan fingerprint density at radius 2 is 1.50 bits per heavy atom. The highest BCUT2D eigenvalue weighted by atomic mass is 16.3. The molecule has 1 aromatic carbocycles. The van der Waals surface area contributed by atoms with Gasteiger partial charge < -0.3 is 10.4 Å². The molecule has 0 aliphatic carbocycles. The topological polar surface area (TPSA) is 32.3 Å². The lowest BCUT2D eigenvalue weighted by molar-refractivity contribution is 0.0457. The third-order valence-corrected chi connectivity index (χ3v) is 3.91. The van der Waals surface area contributed by atoms with Crippen LogP contribution in [0.2, 0.25) is 0 Å². The van der Waals surface area contributed by atoms with Crippen molar-refractivity contribution in [2.24, 2.45) is 0 Å². The molecule has 0 heterocycles. The number of hydrogen-bond donors (Lipinski definition) is 2. The molecule has 0 amide bonds. The maximum Gasteiger partial charge on any atom is 0.0814 e. The average Bonchev–Trinajstić information content (AvgIpc) is 2.44. The van der Waals surface area contributed by atoms with Crippen molar-refractivity contribution in [1.82, 2.24) is 0 Å². The zero-order valence-electron chi connectivity index (χ0n) is 12.2. The molecule has 1 rings (SSSR count). The number of benzene rings is 1. The van der Waals surface area contributed by atoms with Gasteiger partial charge in [-0.15, -0.1) is 0 Å². The van der Waals surface area contributed by atoms with Gasteiger partial charge in [0.05, 0.1) is 5.60 Å². The fraction of sp³-hybridized carbons (Fsp3) is 0.625. The minimum atomic E-state index is -0.591. The van der Waals surface area contributed by atoms with Gasteiger partial charge in [-0.05, 0) is 36.8 Å². The second kappa shape index (κ2) is 6.79. The number of para-hydroxylation sites is 1. The van der Waals surface area contributed by atoms with Crippen LogP contribution in [-0.4, -0.2) is 17.3 Å². The molecule has 0 atom stereocenters. The Morgan fingerprint density at radius 1 is 1.00 bits per heavy atom. The summed E-state index contributed by atoms with van der Waals surface area (Å²) in [6, 6.07) is 6.45.